The number of likely N-dealkylation sites (tertiary alicyclic amines) is 2. The molecule has 3 rings (SSSR count). The van der Waals surface area contributed by atoms with Crippen molar-refractivity contribution in [3.05, 3.63) is 22.6 Å². The molecule has 2 saturated heterocycles. The van der Waals surface area contributed by atoms with Gasteiger partial charge in [0.15, 0.2) is 4.67 Å². The molecule has 2 aliphatic rings. The summed E-state index contributed by atoms with van der Waals surface area (Å²) < 4.78 is 5.83. The number of carbonyl (C=O) groups is 1. The van der Waals surface area contributed by atoms with Crippen LogP contribution in [0.3, 0.4) is 0 Å². The topological polar surface area (TPSA) is 36.7 Å². The third kappa shape index (κ3) is 2.53. The minimum Gasteiger partial charge on any atom is -0.457 e. The van der Waals surface area contributed by atoms with E-state index < -0.39 is 0 Å². The molecule has 0 saturated carbocycles. The standard InChI is InChI=1S/C15H21BrN2O2/c1-2-17-7-3-5-12(17)13-6-4-8-18(13)15(19)11-9-14(16)20-10-11/h9-10,12-13H,2-8H2,1H3/t12-,13+/m1/s1. The van der Waals surface area contributed by atoms with Crippen molar-refractivity contribution >= 4 is 21.8 Å². The second kappa shape index (κ2) is 5.90. The van der Waals surface area contributed by atoms with E-state index in [0.717, 1.165) is 25.9 Å². The number of carbonyl (C=O) groups excluding carboxylic acids is 1. The zero-order valence-electron chi connectivity index (χ0n) is 11.8. The average molecular weight is 341 g/mol. The van der Waals surface area contributed by atoms with Crippen LogP contribution < -0.4 is 0 Å². The fraction of sp³-hybridized carbons (Fsp3) is 0.667. The van der Waals surface area contributed by atoms with Gasteiger partial charge in [-0.05, 0) is 54.7 Å². The summed E-state index contributed by atoms with van der Waals surface area (Å²) in [6, 6.07) is 2.68. The molecule has 110 valence electrons. The van der Waals surface area contributed by atoms with Gasteiger partial charge in [0.1, 0.15) is 6.26 Å². The first-order valence-corrected chi connectivity index (χ1v) is 8.29. The first-order chi connectivity index (χ1) is 9.70. The van der Waals surface area contributed by atoms with Gasteiger partial charge < -0.3 is 9.32 Å². The van der Waals surface area contributed by atoms with Crippen LogP contribution >= 0.6 is 15.9 Å². The maximum Gasteiger partial charge on any atom is 0.257 e. The van der Waals surface area contributed by atoms with Crippen molar-refractivity contribution in [3.8, 4) is 0 Å². The van der Waals surface area contributed by atoms with Crippen molar-refractivity contribution in [2.75, 3.05) is 19.6 Å². The highest BCUT2D eigenvalue weighted by atomic mass is 79.9. The van der Waals surface area contributed by atoms with Gasteiger partial charge in [0.2, 0.25) is 0 Å². The largest absolute Gasteiger partial charge is 0.457 e. The average Bonchev–Trinajstić information content (AvgIpc) is 3.16. The summed E-state index contributed by atoms with van der Waals surface area (Å²) in [6.45, 7) is 5.35. The Kier molecular flexibility index (Phi) is 4.17. The summed E-state index contributed by atoms with van der Waals surface area (Å²) >= 11 is 3.27. The SMILES string of the molecule is CCN1CCC[C@@H]1[C@@H]1CCCN1C(=O)c1coc(Br)c1. The molecule has 20 heavy (non-hydrogen) atoms. The maximum atomic E-state index is 12.6. The quantitative estimate of drug-likeness (QED) is 0.848. The number of nitrogens with zero attached hydrogens (tertiary/aromatic N) is 2. The van der Waals surface area contributed by atoms with Crippen molar-refractivity contribution in [2.45, 2.75) is 44.7 Å². The van der Waals surface area contributed by atoms with E-state index in [1.54, 1.807) is 12.3 Å². The molecule has 0 N–H and O–H groups in total. The molecular weight excluding hydrogens is 320 g/mol. The number of amides is 1. The highest BCUT2D eigenvalue weighted by Crippen LogP contribution is 2.31. The van der Waals surface area contributed by atoms with Crippen molar-refractivity contribution in [3.63, 3.8) is 0 Å². The lowest BCUT2D eigenvalue weighted by Gasteiger charge is -2.34. The lowest BCUT2D eigenvalue weighted by atomic mass is 10.0. The fourth-order valence-electron chi connectivity index (χ4n) is 3.71. The normalized spacial score (nSPS) is 27.4. The van der Waals surface area contributed by atoms with Crippen LogP contribution in [-0.4, -0.2) is 47.4 Å². The van der Waals surface area contributed by atoms with E-state index in [9.17, 15) is 4.79 Å². The molecule has 1 amide bonds. The summed E-state index contributed by atoms with van der Waals surface area (Å²) in [5, 5.41) is 0. The molecule has 2 fully saturated rings. The zero-order valence-corrected chi connectivity index (χ0v) is 13.4. The van der Waals surface area contributed by atoms with Crippen LogP contribution in [0.4, 0.5) is 0 Å². The Morgan fingerprint density at radius 1 is 1.35 bits per heavy atom. The minimum atomic E-state index is 0.116. The van der Waals surface area contributed by atoms with Gasteiger partial charge in [-0.25, -0.2) is 0 Å². The van der Waals surface area contributed by atoms with Gasteiger partial charge in [-0.2, -0.15) is 0 Å². The van der Waals surface area contributed by atoms with Crippen molar-refractivity contribution < 1.29 is 9.21 Å². The Hall–Kier alpha value is -0.810. The number of rotatable bonds is 3. The van der Waals surface area contributed by atoms with Crippen LogP contribution in [0.5, 0.6) is 0 Å². The highest BCUT2D eigenvalue weighted by Gasteiger charge is 2.39. The monoisotopic (exact) mass is 340 g/mol. The van der Waals surface area contributed by atoms with Crippen LogP contribution in [-0.2, 0) is 0 Å². The van der Waals surface area contributed by atoms with Crippen molar-refractivity contribution in [1.29, 1.82) is 0 Å². The summed E-state index contributed by atoms with van der Waals surface area (Å²) in [4.78, 5) is 17.2. The molecule has 2 atom stereocenters. The second-order valence-corrected chi connectivity index (χ2v) is 6.47. The van der Waals surface area contributed by atoms with Gasteiger partial charge in [0, 0.05) is 24.7 Å². The molecular formula is C15H21BrN2O2. The minimum absolute atomic E-state index is 0.116. The van der Waals surface area contributed by atoms with Gasteiger partial charge in [0.25, 0.3) is 5.91 Å². The number of hydrogen-bond acceptors (Lipinski definition) is 3. The Labute approximate surface area is 128 Å². The molecule has 1 aromatic heterocycles. The van der Waals surface area contributed by atoms with E-state index in [0.29, 0.717) is 22.3 Å². The van der Waals surface area contributed by atoms with Crippen LogP contribution in [0.15, 0.2) is 21.4 Å². The first-order valence-electron chi connectivity index (χ1n) is 7.49. The van der Waals surface area contributed by atoms with E-state index in [1.807, 2.05) is 0 Å². The maximum absolute atomic E-state index is 12.6. The Balaban J connectivity index is 1.77. The number of likely N-dealkylation sites (N-methyl/N-ethyl adjacent to an activating group) is 1. The lowest BCUT2D eigenvalue weighted by Crippen LogP contribution is -2.48. The lowest BCUT2D eigenvalue weighted by molar-refractivity contribution is 0.0649. The van der Waals surface area contributed by atoms with Gasteiger partial charge >= 0.3 is 0 Å². The third-order valence-corrected chi connectivity index (χ3v) is 5.05. The Bertz CT molecular complexity index is 488. The fourth-order valence-corrected chi connectivity index (χ4v) is 4.05. The molecule has 0 aliphatic carbocycles. The smallest absolute Gasteiger partial charge is 0.257 e. The molecule has 4 nitrogen and oxygen atoms in total. The van der Waals surface area contributed by atoms with E-state index in [2.05, 4.69) is 32.7 Å². The van der Waals surface area contributed by atoms with Crippen LogP contribution in [0.25, 0.3) is 0 Å². The molecule has 0 radical (unpaired) electrons. The van der Waals surface area contributed by atoms with Gasteiger partial charge in [0.05, 0.1) is 5.56 Å². The molecule has 0 aromatic carbocycles. The number of hydrogen-bond donors (Lipinski definition) is 0. The molecule has 1 aromatic rings. The van der Waals surface area contributed by atoms with E-state index >= 15 is 0 Å². The van der Waals surface area contributed by atoms with Crippen LogP contribution in [0.2, 0.25) is 0 Å². The van der Waals surface area contributed by atoms with Gasteiger partial charge in [-0.1, -0.05) is 6.92 Å². The zero-order chi connectivity index (χ0) is 14.1. The highest BCUT2D eigenvalue weighted by molar-refractivity contribution is 9.10. The summed E-state index contributed by atoms with van der Waals surface area (Å²) in [5.41, 5.74) is 0.657. The van der Waals surface area contributed by atoms with Crippen LogP contribution in [0, 0.1) is 0 Å². The van der Waals surface area contributed by atoms with Crippen molar-refractivity contribution in [1.82, 2.24) is 9.80 Å². The Morgan fingerprint density at radius 2 is 2.10 bits per heavy atom. The molecule has 0 unspecified atom stereocenters. The Morgan fingerprint density at radius 3 is 2.80 bits per heavy atom. The predicted octanol–water partition coefficient (Wildman–Crippen LogP) is 3.13. The van der Waals surface area contributed by atoms with E-state index in [1.165, 1.54) is 19.4 Å². The summed E-state index contributed by atoms with van der Waals surface area (Å²) in [7, 11) is 0. The van der Waals surface area contributed by atoms with Gasteiger partial charge in [-0.3, -0.25) is 9.69 Å². The third-order valence-electron chi connectivity index (χ3n) is 4.64. The second-order valence-electron chi connectivity index (χ2n) is 5.69. The van der Waals surface area contributed by atoms with Crippen LogP contribution in [0.1, 0.15) is 43.0 Å². The van der Waals surface area contributed by atoms with E-state index in [4.69, 9.17) is 4.42 Å². The molecule has 0 bridgehead atoms. The summed E-state index contributed by atoms with van der Waals surface area (Å²) in [6.07, 6.45) is 6.27. The van der Waals surface area contributed by atoms with E-state index in [-0.39, 0.29) is 5.91 Å². The first kappa shape index (κ1) is 14.1. The number of furan rings is 1. The summed E-state index contributed by atoms with van der Waals surface area (Å²) in [5.74, 6) is 0.116. The molecule has 3 heterocycles. The molecule has 2 aliphatic heterocycles. The number of halogens is 1. The van der Waals surface area contributed by atoms with Gasteiger partial charge in [-0.15, -0.1) is 0 Å². The molecule has 0 spiro atoms. The predicted molar refractivity (Wildman–Crippen MR) is 80.7 cm³/mol. The van der Waals surface area contributed by atoms with Crippen molar-refractivity contribution in [2.24, 2.45) is 0 Å². The molecule has 5 heteroatoms.